The lowest BCUT2D eigenvalue weighted by Gasteiger charge is -2.60. The molecule has 4 aromatic rings. The van der Waals surface area contributed by atoms with Crippen molar-refractivity contribution in [3.8, 4) is 28.7 Å². The van der Waals surface area contributed by atoms with Crippen molar-refractivity contribution in [2.75, 3.05) is 32.9 Å². The van der Waals surface area contributed by atoms with Gasteiger partial charge in [-0.2, -0.15) is 0 Å². The van der Waals surface area contributed by atoms with Crippen LogP contribution in [0.1, 0.15) is 80.4 Å². The van der Waals surface area contributed by atoms with Crippen LogP contribution in [0.3, 0.4) is 0 Å². The summed E-state index contributed by atoms with van der Waals surface area (Å²) in [4.78, 5) is 24.5. The Kier molecular flexibility index (Phi) is 14.2. The third kappa shape index (κ3) is 9.68. The molecule has 4 aromatic carbocycles. The minimum atomic E-state index is -1.38. The zero-order valence-corrected chi connectivity index (χ0v) is 38.0. The highest BCUT2D eigenvalue weighted by Gasteiger charge is 2.66. The molecule has 0 spiro atoms. The number of hydrogen-bond donors (Lipinski definition) is 2. The van der Waals surface area contributed by atoms with Gasteiger partial charge in [-0.05, 0) is 128 Å². The first kappa shape index (κ1) is 44.9. The van der Waals surface area contributed by atoms with Gasteiger partial charge in [0.2, 0.25) is 18.5 Å². The van der Waals surface area contributed by atoms with Crippen LogP contribution < -0.4 is 18.9 Å². The van der Waals surface area contributed by atoms with Crippen LogP contribution in [-0.4, -0.2) is 71.4 Å². The number of amides is 1. The molecule has 5 aliphatic rings. The van der Waals surface area contributed by atoms with Crippen LogP contribution in [0.15, 0.2) is 125 Å². The second-order valence-corrected chi connectivity index (χ2v) is 18.6. The number of thioether (sulfide) groups is 1. The summed E-state index contributed by atoms with van der Waals surface area (Å²) in [5, 5.41) is 25.1. The molecule has 2 fully saturated rings. The second kappa shape index (κ2) is 20.5. The Balaban J connectivity index is 1.23. The number of carbonyl (C=O) groups is 1. The Morgan fingerprint density at radius 1 is 0.892 bits per heavy atom. The van der Waals surface area contributed by atoms with E-state index in [1.54, 1.807) is 17.8 Å². The van der Waals surface area contributed by atoms with E-state index in [0.717, 1.165) is 77.1 Å². The Morgan fingerprint density at radius 3 is 2.40 bits per heavy atom. The number of unbranched alkanes of at least 4 members (excludes halogenated alkanes) is 2. The molecule has 6 atom stereocenters. The van der Waals surface area contributed by atoms with Crippen LogP contribution in [-0.2, 0) is 27.5 Å². The standard InChI is InChI=1S/C53H60N2O9S/c1-3-27-61-53-49(55(52(58)37-16-17-37)32-36-15-23-47-48(28-36)60-34-59-47)31-45(54-62-33-35-11-5-4-6-12-35)43-29-38(13-7-9-25-56)42(14-8-10-26-57)50(51(43)53)44-30-40(20-24-46(44)64-53)63-39-18-21-41(65-2)22-19-39/h3-6,11-12,15,18-24,28-30,37-38,42,49-51,56-57H,1,7-10,13-14,16-17,25-27,31-34H2,2H3/t38-,42+,49-,50+,51+,53+/m0/s1. The van der Waals surface area contributed by atoms with Gasteiger partial charge in [-0.3, -0.25) is 4.79 Å². The van der Waals surface area contributed by atoms with Gasteiger partial charge in [-0.25, -0.2) is 0 Å². The lowest BCUT2D eigenvalue weighted by Crippen LogP contribution is -2.70. The average Bonchev–Trinajstić information content (AvgIpc) is 4.08. The summed E-state index contributed by atoms with van der Waals surface area (Å²) in [6.45, 7) is 5.21. The number of hydrogen-bond acceptors (Lipinski definition) is 11. The Hall–Kier alpha value is -5.27. The molecule has 65 heavy (non-hydrogen) atoms. The lowest BCUT2D eigenvalue weighted by molar-refractivity contribution is -0.258. The molecule has 2 heterocycles. The molecular formula is C53H60N2O9S. The van der Waals surface area contributed by atoms with Gasteiger partial charge in [0.25, 0.3) is 0 Å². The fraction of sp³-hybridized carbons (Fsp3) is 0.434. The molecule has 0 radical (unpaired) electrons. The predicted octanol–water partition coefficient (Wildman–Crippen LogP) is 10.2. The minimum Gasteiger partial charge on any atom is -0.459 e. The summed E-state index contributed by atoms with van der Waals surface area (Å²) in [7, 11) is 0. The van der Waals surface area contributed by atoms with E-state index >= 15 is 4.79 Å². The molecule has 3 aliphatic carbocycles. The highest BCUT2D eigenvalue weighted by atomic mass is 32.2. The van der Waals surface area contributed by atoms with Crippen molar-refractivity contribution in [3.05, 3.63) is 132 Å². The molecule has 9 rings (SSSR count). The quantitative estimate of drug-likeness (QED) is 0.0361. The maximum Gasteiger partial charge on any atom is 0.239 e. The lowest BCUT2D eigenvalue weighted by atomic mass is 9.55. The van der Waals surface area contributed by atoms with Crippen LogP contribution in [0.2, 0.25) is 0 Å². The van der Waals surface area contributed by atoms with Gasteiger partial charge in [-0.15, -0.1) is 18.3 Å². The molecule has 2 aliphatic heterocycles. The molecule has 342 valence electrons. The zero-order valence-electron chi connectivity index (χ0n) is 37.1. The van der Waals surface area contributed by atoms with E-state index in [2.05, 4.69) is 37.1 Å². The smallest absolute Gasteiger partial charge is 0.239 e. The summed E-state index contributed by atoms with van der Waals surface area (Å²) in [6, 6.07) is 29.4. The van der Waals surface area contributed by atoms with E-state index in [1.807, 2.05) is 77.7 Å². The van der Waals surface area contributed by atoms with E-state index in [-0.39, 0.29) is 69.3 Å². The largest absolute Gasteiger partial charge is 0.459 e. The molecule has 0 saturated heterocycles. The van der Waals surface area contributed by atoms with E-state index < -0.39 is 17.7 Å². The van der Waals surface area contributed by atoms with Crippen molar-refractivity contribution in [3.63, 3.8) is 0 Å². The van der Waals surface area contributed by atoms with Crippen LogP contribution in [0, 0.1) is 23.7 Å². The summed E-state index contributed by atoms with van der Waals surface area (Å²) < 4.78 is 32.8. The zero-order chi connectivity index (χ0) is 44.8. The van der Waals surface area contributed by atoms with E-state index in [1.165, 1.54) is 0 Å². The first-order valence-electron chi connectivity index (χ1n) is 23.2. The molecular weight excluding hydrogens is 841 g/mol. The van der Waals surface area contributed by atoms with Gasteiger partial charge in [0.05, 0.1) is 18.2 Å². The second-order valence-electron chi connectivity index (χ2n) is 17.7. The molecule has 1 amide bonds. The minimum absolute atomic E-state index is 0.0469. The van der Waals surface area contributed by atoms with Crippen molar-refractivity contribution in [1.82, 2.24) is 4.90 Å². The topological polar surface area (TPSA) is 129 Å². The number of benzene rings is 4. The van der Waals surface area contributed by atoms with Crippen LogP contribution >= 0.6 is 11.8 Å². The molecule has 11 nitrogen and oxygen atoms in total. The number of aliphatic hydroxyl groups excluding tert-OH is 2. The van der Waals surface area contributed by atoms with Crippen molar-refractivity contribution in [2.45, 2.75) is 93.6 Å². The molecule has 2 saturated carbocycles. The third-order valence-electron chi connectivity index (χ3n) is 13.6. The number of allylic oxidation sites excluding steroid dienone is 1. The third-order valence-corrected chi connectivity index (χ3v) is 14.3. The Morgan fingerprint density at radius 2 is 1.65 bits per heavy atom. The number of oxime groups is 1. The molecule has 12 heteroatoms. The van der Waals surface area contributed by atoms with Crippen LogP contribution in [0.4, 0.5) is 0 Å². The Labute approximate surface area is 386 Å². The van der Waals surface area contributed by atoms with Crippen molar-refractivity contribution in [1.29, 1.82) is 0 Å². The fourth-order valence-corrected chi connectivity index (χ4v) is 10.8. The summed E-state index contributed by atoms with van der Waals surface area (Å²) >= 11 is 1.68. The average molecular weight is 901 g/mol. The van der Waals surface area contributed by atoms with Gasteiger partial charge < -0.3 is 43.6 Å². The first-order chi connectivity index (χ1) is 31.9. The number of aliphatic hydroxyl groups is 2. The highest BCUT2D eigenvalue weighted by Crippen LogP contribution is 2.62. The van der Waals surface area contributed by atoms with E-state index in [0.29, 0.717) is 42.3 Å². The summed E-state index contributed by atoms with van der Waals surface area (Å²) in [5.41, 5.74) is 4.64. The fourth-order valence-electron chi connectivity index (χ4n) is 10.4. The van der Waals surface area contributed by atoms with Gasteiger partial charge in [0, 0.05) is 48.5 Å². The Bertz CT molecular complexity index is 2350. The van der Waals surface area contributed by atoms with Gasteiger partial charge in [-0.1, -0.05) is 66.5 Å². The van der Waals surface area contributed by atoms with Crippen molar-refractivity contribution >= 4 is 23.4 Å². The summed E-state index contributed by atoms with van der Waals surface area (Å²) in [5.74, 6) is 1.52. The number of fused-ring (bicyclic) bond motifs is 3. The van der Waals surface area contributed by atoms with Gasteiger partial charge >= 0.3 is 0 Å². The number of carbonyl (C=O) groups excluding carboxylic acids is 1. The molecule has 0 aromatic heterocycles. The van der Waals surface area contributed by atoms with Gasteiger partial charge in [0.1, 0.15) is 29.9 Å². The monoisotopic (exact) mass is 900 g/mol. The van der Waals surface area contributed by atoms with E-state index in [4.69, 9.17) is 33.7 Å². The molecule has 0 unspecified atom stereocenters. The van der Waals surface area contributed by atoms with Crippen molar-refractivity contribution < 1.29 is 43.5 Å². The van der Waals surface area contributed by atoms with Gasteiger partial charge in [0.15, 0.2) is 11.5 Å². The predicted molar refractivity (Wildman–Crippen MR) is 250 cm³/mol. The number of nitrogens with zero attached hydrogens (tertiary/aromatic N) is 2. The number of ether oxygens (including phenoxy) is 5. The van der Waals surface area contributed by atoms with Crippen molar-refractivity contribution in [2.24, 2.45) is 28.8 Å². The normalized spacial score (nSPS) is 24.3. The maximum absolute atomic E-state index is 15.0. The number of rotatable bonds is 21. The highest BCUT2D eigenvalue weighted by molar-refractivity contribution is 7.98. The van der Waals surface area contributed by atoms with Crippen LogP contribution in [0.5, 0.6) is 28.7 Å². The molecule has 0 bridgehead atoms. The SMILES string of the molecule is C=CCO[C@@]12Oc3ccc(Oc4ccc(SC)cc4)cc3[C@H]3[C@H](CCCCO)[C@@H](CCCCO)C=C(C(=NOCc4ccccc4)C[C@@H]1N(Cc1ccc4c(c1)OCO4)C(=O)C1CC1)[C@H]32. The first-order valence-corrected chi connectivity index (χ1v) is 24.4. The molecule has 2 N–H and O–H groups in total. The van der Waals surface area contributed by atoms with E-state index in [9.17, 15) is 10.2 Å². The maximum atomic E-state index is 15.0. The van der Waals surface area contributed by atoms with Crippen LogP contribution in [0.25, 0.3) is 0 Å². The summed E-state index contributed by atoms with van der Waals surface area (Å²) in [6.07, 6.45) is 12.8.